The van der Waals surface area contributed by atoms with E-state index in [1.165, 1.54) is 12.1 Å². The highest BCUT2D eigenvalue weighted by atomic mass is 32.2. The Kier molecular flexibility index (Phi) is 5.61. The van der Waals surface area contributed by atoms with Crippen molar-refractivity contribution in [1.82, 2.24) is 4.72 Å². The van der Waals surface area contributed by atoms with E-state index in [4.69, 9.17) is 11.5 Å². The minimum absolute atomic E-state index is 0.0432. The monoisotopic (exact) mass is 316 g/mol. The van der Waals surface area contributed by atoms with Gasteiger partial charge in [0, 0.05) is 13.0 Å². The number of nitrogen functional groups attached to an aromatic ring is 1. The number of carbonyl (C=O) groups is 1. The number of benzene rings is 1. The van der Waals surface area contributed by atoms with Gasteiger partial charge >= 0.3 is 5.69 Å². The van der Waals surface area contributed by atoms with Crippen LogP contribution >= 0.6 is 0 Å². The van der Waals surface area contributed by atoms with Crippen molar-refractivity contribution in [3.63, 3.8) is 0 Å². The highest BCUT2D eigenvalue weighted by molar-refractivity contribution is 7.89. The van der Waals surface area contributed by atoms with Crippen molar-refractivity contribution < 1.29 is 18.1 Å². The Bertz CT molecular complexity index is 644. The van der Waals surface area contributed by atoms with Crippen LogP contribution in [0.4, 0.5) is 11.4 Å². The largest absolute Gasteiger partial charge is 0.393 e. The molecule has 0 heterocycles. The maximum atomic E-state index is 12.0. The van der Waals surface area contributed by atoms with Crippen LogP contribution in [0.5, 0.6) is 0 Å². The van der Waals surface area contributed by atoms with Crippen molar-refractivity contribution in [3.8, 4) is 0 Å². The topological polar surface area (TPSA) is 158 Å². The minimum Gasteiger partial charge on any atom is -0.393 e. The number of rotatable bonds is 8. The van der Waals surface area contributed by atoms with Crippen LogP contribution in [-0.2, 0) is 14.8 Å². The van der Waals surface area contributed by atoms with Crippen LogP contribution in [0.2, 0.25) is 0 Å². The molecule has 116 valence electrons. The van der Waals surface area contributed by atoms with Gasteiger partial charge in [0.2, 0.25) is 15.9 Å². The summed E-state index contributed by atoms with van der Waals surface area (Å²) >= 11 is 0. The van der Waals surface area contributed by atoms with E-state index in [9.17, 15) is 23.3 Å². The molecule has 21 heavy (non-hydrogen) atoms. The molecule has 0 aliphatic carbocycles. The zero-order valence-corrected chi connectivity index (χ0v) is 11.9. The lowest BCUT2D eigenvalue weighted by molar-refractivity contribution is -0.386. The highest BCUT2D eigenvalue weighted by Crippen LogP contribution is 2.29. The molecule has 0 aromatic heterocycles. The van der Waals surface area contributed by atoms with Crippen molar-refractivity contribution in [3.05, 3.63) is 28.3 Å². The maximum absolute atomic E-state index is 12.0. The van der Waals surface area contributed by atoms with E-state index in [0.717, 1.165) is 6.07 Å². The Balaban J connectivity index is 2.82. The second kappa shape index (κ2) is 6.99. The lowest BCUT2D eigenvalue weighted by Gasteiger charge is -2.08. The van der Waals surface area contributed by atoms with Crippen molar-refractivity contribution in [1.29, 1.82) is 0 Å². The standard InChI is InChI=1S/C11H16N4O5S/c12-8-4-3-5-9(11(8)15(17)18)21(19,20)14-7-2-1-6-10(13)16/h3-5,14H,1-2,6-7,12H2,(H2,13,16). The van der Waals surface area contributed by atoms with Crippen LogP contribution in [0, 0.1) is 10.1 Å². The molecule has 1 rings (SSSR count). The molecule has 0 fully saturated rings. The van der Waals surface area contributed by atoms with Crippen molar-refractivity contribution in [2.75, 3.05) is 12.3 Å². The number of nitro groups is 1. The smallest absolute Gasteiger partial charge is 0.312 e. The second-order valence-corrected chi connectivity index (χ2v) is 6.01. The van der Waals surface area contributed by atoms with Crippen molar-refractivity contribution in [2.45, 2.75) is 24.2 Å². The minimum atomic E-state index is -4.05. The normalized spacial score (nSPS) is 11.2. The van der Waals surface area contributed by atoms with Gasteiger partial charge in [-0.15, -0.1) is 0 Å². The number of hydrogen-bond acceptors (Lipinski definition) is 6. The lowest BCUT2D eigenvalue weighted by Crippen LogP contribution is -2.26. The summed E-state index contributed by atoms with van der Waals surface area (Å²) < 4.78 is 26.3. The number of amides is 1. The Morgan fingerprint density at radius 1 is 1.33 bits per heavy atom. The summed E-state index contributed by atoms with van der Waals surface area (Å²) in [5.41, 5.74) is 9.52. The van der Waals surface area contributed by atoms with Crippen molar-refractivity contribution >= 4 is 27.3 Å². The summed E-state index contributed by atoms with van der Waals surface area (Å²) in [6.07, 6.45) is 0.968. The third kappa shape index (κ3) is 4.68. The number of nitrogens with two attached hydrogens (primary N) is 2. The zero-order chi connectivity index (χ0) is 16.0. The first-order valence-electron chi connectivity index (χ1n) is 6.06. The molecule has 0 radical (unpaired) electrons. The molecular weight excluding hydrogens is 300 g/mol. The Labute approximate surface area is 121 Å². The van der Waals surface area contributed by atoms with Gasteiger partial charge < -0.3 is 11.5 Å². The molecule has 0 saturated heterocycles. The van der Waals surface area contributed by atoms with Crippen LogP contribution in [0.15, 0.2) is 23.1 Å². The first kappa shape index (κ1) is 16.9. The fraction of sp³-hybridized carbons (Fsp3) is 0.364. The quantitative estimate of drug-likeness (QED) is 0.267. The van der Waals surface area contributed by atoms with Gasteiger partial charge in [-0.3, -0.25) is 14.9 Å². The molecule has 0 aliphatic heterocycles. The molecule has 1 amide bonds. The van der Waals surface area contributed by atoms with E-state index >= 15 is 0 Å². The van der Waals surface area contributed by atoms with E-state index in [0.29, 0.717) is 12.8 Å². The number of nitrogens with one attached hydrogen (secondary N) is 1. The highest BCUT2D eigenvalue weighted by Gasteiger charge is 2.27. The third-order valence-corrected chi connectivity index (χ3v) is 4.14. The van der Waals surface area contributed by atoms with E-state index in [1.54, 1.807) is 0 Å². The molecule has 0 spiro atoms. The van der Waals surface area contributed by atoms with Crippen LogP contribution < -0.4 is 16.2 Å². The fourth-order valence-electron chi connectivity index (χ4n) is 1.66. The van der Waals surface area contributed by atoms with E-state index in [-0.39, 0.29) is 18.7 Å². The molecule has 0 unspecified atom stereocenters. The molecule has 1 aromatic carbocycles. The average Bonchev–Trinajstić information content (AvgIpc) is 2.37. The van der Waals surface area contributed by atoms with Crippen molar-refractivity contribution in [2.24, 2.45) is 5.73 Å². The fourth-order valence-corrected chi connectivity index (χ4v) is 2.93. The molecular formula is C11H16N4O5S. The molecule has 5 N–H and O–H groups in total. The van der Waals surface area contributed by atoms with Gasteiger partial charge in [0.25, 0.3) is 0 Å². The summed E-state index contributed by atoms with van der Waals surface area (Å²) in [7, 11) is -4.05. The Hall–Kier alpha value is -2.20. The summed E-state index contributed by atoms with van der Waals surface area (Å²) in [5.74, 6) is -0.468. The van der Waals surface area contributed by atoms with Gasteiger partial charge in [-0.25, -0.2) is 13.1 Å². The predicted octanol–water partition coefficient (Wildman–Crippen LogP) is 0.111. The van der Waals surface area contributed by atoms with Crippen LogP contribution in [0.3, 0.4) is 0 Å². The first-order chi connectivity index (χ1) is 9.75. The summed E-state index contributed by atoms with van der Waals surface area (Å²) in [6.45, 7) is 0.0432. The number of unbranched alkanes of at least 4 members (excludes halogenated alkanes) is 1. The zero-order valence-electron chi connectivity index (χ0n) is 11.1. The molecule has 0 bridgehead atoms. The Morgan fingerprint density at radius 3 is 2.57 bits per heavy atom. The van der Waals surface area contributed by atoms with Gasteiger partial charge in [0.05, 0.1) is 4.92 Å². The third-order valence-electron chi connectivity index (χ3n) is 2.64. The number of para-hydroxylation sites is 1. The molecule has 0 saturated carbocycles. The summed E-state index contributed by atoms with van der Waals surface area (Å²) in [4.78, 5) is 20.1. The molecule has 9 nitrogen and oxygen atoms in total. The van der Waals surface area contributed by atoms with E-state index in [1.807, 2.05) is 0 Å². The van der Waals surface area contributed by atoms with Gasteiger partial charge in [0.15, 0.2) is 4.90 Å². The Morgan fingerprint density at radius 2 is 2.00 bits per heavy atom. The van der Waals surface area contributed by atoms with Crippen LogP contribution in [-0.4, -0.2) is 25.8 Å². The van der Waals surface area contributed by atoms with Gasteiger partial charge in [-0.05, 0) is 25.0 Å². The SMILES string of the molecule is NC(=O)CCCCNS(=O)(=O)c1cccc(N)c1[N+](=O)[O-]. The molecule has 0 aliphatic rings. The number of nitro benzene ring substituents is 1. The number of carbonyl (C=O) groups excluding carboxylic acids is 1. The van der Waals surface area contributed by atoms with Gasteiger partial charge in [0.1, 0.15) is 5.69 Å². The number of primary amides is 1. The number of sulfonamides is 1. The molecule has 10 heteroatoms. The first-order valence-corrected chi connectivity index (χ1v) is 7.55. The maximum Gasteiger partial charge on any atom is 0.312 e. The second-order valence-electron chi connectivity index (χ2n) is 4.27. The lowest BCUT2D eigenvalue weighted by atomic mass is 10.2. The molecule has 0 atom stereocenters. The van der Waals surface area contributed by atoms with Gasteiger partial charge in [-0.1, -0.05) is 6.07 Å². The van der Waals surface area contributed by atoms with Crippen LogP contribution in [0.1, 0.15) is 19.3 Å². The summed E-state index contributed by atoms with van der Waals surface area (Å²) in [5, 5.41) is 10.9. The average molecular weight is 316 g/mol. The number of hydrogen-bond donors (Lipinski definition) is 3. The van der Waals surface area contributed by atoms with E-state index < -0.39 is 31.4 Å². The molecule has 1 aromatic rings. The van der Waals surface area contributed by atoms with E-state index in [2.05, 4.69) is 4.72 Å². The van der Waals surface area contributed by atoms with Gasteiger partial charge in [-0.2, -0.15) is 0 Å². The summed E-state index contributed by atoms with van der Waals surface area (Å²) in [6, 6.07) is 3.69. The number of anilines is 1. The number of nitrogens with zero attached hydrogens (tertiary/aromatic N) is 1. The predicted molar refractivity (Wildman–Crippen MR) is 75.7 cm³/mol. The van der Waals surface area contributed by atoms with Crippen LogP contribution in [0.25, 0.3) is 0 Å².